The standard InChI is InChI=1S/C13H22N2/c1-9(2)12-11-7-5-6-8-15(11)14-13(12)10(3)4/h9-10H,5-8H2,1-4H3. The predicted molar refractivity (Wildman–Crippen MR) is 63.3 cm³/mol. The monoisotopic (exact) mass is 206 g/mol. The lowest BCUT2D eigenvalue weighted by Crippen LogP contribution is -2.12. The van der Waals surface area contributed by atoms with Gasteiger partial charge >= 0.3 is 0 Å². The van der Waals surface area contributed by atoms with Crippen molar-refractivity contribution in [1.29, 1.82) is 0 Å². The van der Waals surface area contributed by atoms with E-state index in [4.69, 9.17) is 5.10 Å². The molecule has 1 aliphatic heterocycles. The van der Waals surface area contributed by atoms with Crippen LogP contribution in [-0.4, -0.2) is 9.78 Å². The van der Waals surface area contributed by atoms with E-state index in [1.807, 2.05) is 0 Å². The largest absolute Gasteiger partial charge is 0.269 e. The van der Waals surface area contributed by atoms with Gasteiger partial charge in [-0.05, 0) is 36.7 Å². The predicted octanol–water partition coefficient (Wildman–Crippen LogP) is 3.47. The Morgan fingerprint density at radius 2 is 1.80 bits per heavy atom. The van der Waals surface area contributed by atoms with E-state index < -0.39 is 0 Å². The highest BCUT2D eigenvalue weighted by atomic mass is 15.3. The molecule has 0 bridgehead atoms. The van der Waals surface area contributed by atoms with Gasteiger partial charge in [-0.25, -0.2) is 0 Å². The van der Waals surface area contributed by atoms with Gasteiger partial charge in [0.05, 0.1) is 5.69 Å². The van der Waals surface area contributed by atoms with Gasteiger partial charge in [-0.1, -0.05) is 27.7 Å². The van der Waals surface area contributed by atoms with E-state index in [2.05, 4.69) is 32.4 Å². The molecular formula is C13H22N2. The van der Waals surface area contributed by atoms with Crippen LogP contribution in [0.1, 0.15) is 69.3 Å². The highest BCUT2D eigenvalue weighted by Crippen LogP contribution is 2.31. The SMILES string of the molecule is CC(C)c1nn2c(c1C(C)C)CCCC2. The fraction of sp³-hybridized carbons (Fsp3) is 0.769. The van der Waals surface area contributed by atoms with Crippen molar-refractivity contribution in [3.63, 3.8) is 0 Å². The molecule has 1 aromatic rings. The number of hydrogen-bond acceptors (Lipinski definition) is 1. The second-order valence-corrected chi connectivity index (χ2v) is 5.24. The average Bonchev–Trinajstić information content (AvgIpc) is 2.56. The lowest BCUT2D eigenvalue weighted by Gasteiger charge is -2.16. The van der Waals surface area contributed by atoms with E-state index in [-0.39, 0.29) is 0 Å². The number of hydrogen-bond donors (Lipinski definition) is 0. The van der Waals surface area contributed by atoms with Crippen LogP contribution in [-0.2, 0) is 13.0 Å². The Balaban J connectivity index is 2.51. The van der Waals surface area contributed by atoms with E-state index in [0.717, 1.165) is 6.54 Å². The Kier molecular flexibility index (Phi) is 2.85. The lowest BCUT2D eigenvalue weighted by atomic mass is 9.92. The van der Waals surface area contributed by atoms with Gasteiger partial charge < -0.3 is 0 Å². The molecule has 2 heteroatoms. The minimum absolute atomic E-state index is 0.556. The summed E-state index contributed by atoms with van der Waals surface area (Å²) in [5.74, 6) is 1.17. The Morgan fingerprint density at radius 3 is 2.40 bits per heavy atom. The van der Waals surface area contributed by atoms with E-state index in [9.17, 15) is 0 Å². The summed E-state index contributed by atoms with van der Waals surface area (Å²) in [4.78, 5) is 0. The first kappa shape index (κ1) is 10.7. The van der Waals surface area contributed by atoms with Gasteiger partial charge in [0.15, 0.2) is 0 Å². The van der Waals surface area contributed by atoms with Crippen molar-refractivity contribution in [3.8, 4) is 0 Å². The highest BCUT2D eigenvalue weighted by molar-refractivity contribution is 5.32. The molecule has 1 aliphatic rings. The zero-order chi connectivity index (χ0) is 11.0. The summed E-state index contributed by atoms with van der Waals surface area (Å²) in [6, 6.07) is 0. The van der Waals surface area contributed by atoms with E-state index in [1.54, 1.807) is 0 Å². The molecule has 0 atom stereocenters. The van der Waals surface area contributed by atoms with Gasteiger partial charge in [-0.2, -0.15) is 5.10 Å². The van der Waals surface area contributed by atoms with E-state index in [0.29, 0.717) is 11.8 Å². The van der Waals surface area contributed by atoms with Gasteiger partial charge in [0.2, 0.25) is 0 Å². The van der Waals surface area contributed by atoms with Crippen molar-refractivity contribution in [3.05, 3.63) is 17.0 Å². The van der Waals surface area contributed by atoms with Crippen molar-refractivity contribution in [2.75, 3.05) is 0 Å². The van der Waals surface area contributed by atoms with E-state index >= 15 is 0 Å². The van der Waals surface area contributed by atoms with Crippen LogP contribution in [0.15, 0.2) is 0 Å². The average molecular weight is 206 g/mol. The van der Waals surface area contributed by atoms with Gasteiger partial charge in [0.1, 0.15) is 0 Å². The third-order valence-electron chi connectivity index (χ3n) is 3.28. The van der Waals surface area contributed by atoms with Gasteiger partial charge in [-0.3, -0.25) is 4.68 Å². The van der Waals surface area contributed by atoms with Crippen LogP contribution in [0.2, 0.25) is 0 Å². The molecule has 0 aliphatic carbocycles. The molecule has 1 aromatic heterocycles. The summed E-state index contributed by atoms with van der Waals surface area (Å²) in [7, 11) is 0. The first-order valence-corrected chi connectivity index (χ1v) is 6.20. The first-order valence-electron chi connectivity index (χ1n) is 6.20. The fourth-order valence-corrected chi connectivity index (χ4v) is 2.59. The Morgan fingerprint density at radius 1 is 1.07 bits per heavy atom. The zero-order valence-electron chi connectivity index (χ0n) is 10.4. The molecule has 2 heterocycles. The molecule has 15 heavy (non-hydrogen) atoms. The summed E-state index contributed by atoms with van der Waals surface area (Å²) >= 11 is 0. The van der Waals surface area contributed by atoms with Crippen molar-refractivity contribution >= 4 is 0 Å². The molecule has 0 N–H and O–H groups in total. The van der Waals surface area contributed by atoms with Crippen LogP contribution < -0.4 is 0 Å². The minimum atomic E-state index is 0.556. The molecule has 0 radical (unpaired) electrons. The topological polar surface area (TPSA) is 17.8 Å². The molecular weight excluding hydrogens is 184 g/mol. The normalized spacial score (nSPS) is 16.1. The number of fused-ring (bicyclic) bond motifs is 1. The maximum Gasteiger partial charge on any atom is 0.0687 e. The molecule has 0 unspecified atom stereocenters. The molecule has 2 nitrogen and oxygen atoms in total. The smallest absolute Gasteiger partial charge is 0.0687 e. The third kappa shape index (κ3) is 1.82. The summed E-state index contributed by atoms with van der Waals surface area (Å²) in [5, 5.41) is 4.79. The lowest BCUT2D eigenvalue weighted by molar-refractivity contribution is 0.479. The summed E-state index contributed by atoms with van der Waals surface area (Å²) in [6.45, 7) is 10.2. The second kappa shape index (κ2) is 3.99. The summed E-state index contributed by atoms with van der Waals surface area (Å²) in [5.41, 5.74) is 4.38. The van der Waals surface area contributed by atoms with Crippen LogP contribution in [0.25, 0.3) is 0 Å². The van der Waals surface area contributed by atoms with Crippen LogP contribution >= 0.6 is 0 Å². The van der Waals surface area contributed by atoms with Crippen LogP contribution in [0.4, 0.5) is 0 Å². The van der Waals surface area contributed by atoms with Crippen LogP contribution in [0, 0.1) is 0 Å². The number of rotatable bonds is 2. The fourth-order valence-electron chi connectivity index (χ4n) is 2.59. The summed E-state index contributed by atoms with van der Waals surface area (Å²) < 4.78 is 2.26. The Bertz CT molecular complexity index is 348. The van der Waals surface area contributed by atoms with Crippen molar-refractivity contribution in [2.24, 2.45) is 0 Å². The molecule has 0 fully saturated rings. The van der Waals surface area contributed by atoms with Gasteiger partial charge in [0, 0.05) is 12.2 Å². The quantitative estimate of drug-likeness (QED) is 0.724. The number of aromatic nitrogens is 2. The van der Waals surface area contributed by atoms with Crippen LogP contribution in [0.3, 0.4) is 0 Å². The molecule has 84 valence electrons. The minimum Gasteiger partial charge on any atom is -0.269 e. The number of nitrogens with zero attached hydrogens (tertiary/aromatic N) is 2. The molecule has 2 rings (SSSR count). The first-order chi connectivity index (χ1) is 7.11. The Labute approximate surface area is 92.7 Å². The zero-order valence-corrected chi connectivity index (χ0v) is 10.4. The number of aryl methyl sites for hydroxylation is 1. The Hall–Kier alpha value is -0.790. The highest BCUT2D eigenvalue weighted by Gasteiger charge is 2.23. The second-order valence-electron chi connectivity index (χ2n) is 5.24. The molecule has 0 aromatic carbocycles. The maximum atomic E-state index is 4.79. The molecule has 0 saturated carbocycles. The van der Waals surface area contributed by atoms with E-state index in [1.165, 1.54) is 36.2 Å². The van der Waals surface area contributed by atoms with Gasteiger partial charge in [-0.15, -0.1) is 0 Å². The van der Waals surface area contributed by atoms with Crippen LogP contribution in [0.5, 0.6) is 0 Å². The third-order valence-corrected chi connectivity index (χ3v) is 3.28. The molecule has 0 saturated heterocycles. The molecule has 0 amide bonds. The van der Waals surface area contributed by atoms with Crippen molar-refractivity contribution in [2.45, 2.75) is 65.3 Å². The van der Waals surface area contributed by atoms with Gasteiger partial charge in [0.25, 0.3) is 0 Å². The maximum absolute atomic E-state index is 4.79. The van der Waals surface area contributed by atoms with Crippen molar-refractivity contribution in [1.82, 2.24) is 9.78 Å². The molecule has 0 spiro atoms. The summed E-state index contributed by atoms with van der Waals surface area (Å²) in [6.07, 6.45) is 3.86. The van der Waals surface area contributed by atoms with Crippen molar-refractivity contribution < 1.29 is 0 Å².